The largest absolute Gasteiger partial charge is 0.479 e. The summed E-state index contributed by atoms with van der Waals surface area (Å²) in [5, 5.41) is 0. The summed E-state index contributed by atoms with van der Waals surface area (Å²) in [4.78, 5) is 0. The summed E-state index contributed by atoms with van der Waals surface area (Å²) in [5.74, 6) is 0. The van der Waals surface area contributed by atoms with Gasteiger partial charge in [-0.25, -0.2) is 4.57 Å². The Labute approximate surface area is 810 Å². The lowest BCUT2D eigenvalue weighted by Gasteiger charge is -2.51. The van der Waals surface area contributed by atoms with Gasteiger partial charge in [0.05, 0.1) is 0 Å². The van der Waals surface area contributed by atoms with E-state index in [4.69, 9.17) is 0 Å². The summed E-state index contributed by atoms with van der Waals surface area (Å²) < 4.78 is 52.3. The Bertz CT molecular complexity index is 4120. The van der Waals surface area contributed by atoms with Gasteiger partial charge >= 0.3 is 7.82 Å². The molecule has 0 aromatic heterocycles. The van der Waals surface area contributed by atoms with Crippen LogP contribution >= 0.6 is 7.82 Å². The minimum Gasteiger partial charge on any atom is -0.266 e. The molecule has 0 N–H and O–H groups in total. The van der Waals surface area contributed by atoms with E-state index in [2.05, 4.69) is 418 Å². The van der Waals surface area contributed by atoms with Crippen LogP contribution in [0.4, 0.5) is 0 Å². The number of hydrogen-bond donors (Lipinski definition) is 0. The van der Waals surface area contributed by atoms with Gasteiger partial charge in [0.25, 0.3) is 0 Å². The zero-order valence-electron chi connectivity index (χ0n) is 93.3. The van der Waals surface area contributed by atoms with Gasteiger partial charge in [-0.05, 0) is 318 Å². The van der Waals surface area contributed by atoms with Gasteiger partial charge in [-0.2, -0.15) is 0 Å². The molecular formula is C126H201O4P. The minimum absolute atomic E-state index is 0.219. The Morgan fingerprint density at radius 1 is 0.214 bits per heavy atom. The van der Waals surface area contributed by atoms with Crippen LogP contribution in [0.3, 0.4) is 0 Å². The van der Waals surface area contributed by atoms with Crippen molar-refractivity contribution in [1.29, 1.82) is 0 Å². The van der Waals surface area contributed by atoms with Gasteiger partial charge in [-0.1, -0.05) is 455 Å². The first-order valence-corrected chi connectivity index (χ1v) is 55.0. The van der Waals surface area contributed by atoms with E-state index < -0.39 is 57.1 Å². The number of hydrogen-bond acceptors (Lipinski definition) is 4. The smallest absolute Gasteiger partial charge is 0.266 e. The van der Waals surface area contributed by atoms with Crippen LogP contribution in [0.2, 0.25) is 0 Å². The SMILES string of the molecule is C/C=C(\CCCCCC)C(OP(=O)(OC(/C(=C/C)CCCCCC)(c1ccc(C(C)(C)CC)cc1C(C)(C)CC)c1ccc(C(C)(C)CC)cc1C(C)(C)CC)OC(/C(=C/C)CCCCCC)(c1ccc(C(C)(C)CC)cc1C(C)(C)CC)c1ccc(C(C)(C)CC)cc1C(C)(C)CC)(c1ccc(C(C)(C)CC)cc1C(C)(C)CC)c1ccc(C(C)(C)CC)cc1C(C)(C)CC. The number of unbranched alkanes of at least 4 members (excludes halogenated alkanes) is 9. The molecule has 4 nitrogen and oxygen atoms in total. The highest BCUT2D eigenvalue weighted by molar-refractivity contribution is 7.48. The first kappa shape index (κ1) is 114. The lowest BCUT2D eigenvalue weighted by atomic mass is 9.65. The predicted octanol–water partition coefficient (Wildman–Crippen LogP) is 40.0. The Kier molecular flexibility index (Phi) is 39.7. The number of rotatable bonds is 54. The van der Waals surface area contributed by atoms with Crippen molar-refractivity contribution in [2.24, 2.45) is 0 Å². The van der Waals surface area contributed by atoms with Crippen molar-refractivity contribution in [2.75, 3.05) is 0 Å². The van der Waals surface area contributed by atoms with E-state index in [1.165, 1.54) is 66.8 Å². The van der Waals surface area contributed by atoms with Gasteiger partial charge in [0.15, 0.2) is 16.8 Å². The Morgan fingerprint density at radius 3 is 0.481 bits per heavy atom. The zero-order valence-corrected chi connectivity index (χ0v) is 94.2. The molecule has 6 rings (SSSR count). The van der Waals surface area contributed by atoms with Crippen molar-refractivity contribution in [1.82, 2.24) is 0 Å². The molecule has 0 bridgehead atoms. The van der Waals surface area contributed by atoms with Crippen LogP contribution in [-0.2, 0) is 99.9 Å². The van der Waals surface area contributed by atoms with Crippen molar-refractivity contribution >= 4 is 7.82 Å². The number of benzene rings is 6. The second-order valence-electron chi connectivity index (χ2n) is 48.0. The summed E-state index contributed by atoms with van der Waals surface area (Å²) in [6, 6.07) is 45.1. The molecule has 6 aromatic carbocycles. The molecular weight excluding hydrogens is 1610 g/mol. The maximum atomic E-state index is 22.6. The van der Waals surface area contributed by atoms with Gasteiger partial charge in [-0.15, -0.1) is 0 Å². The van der Waals surface area contributed by atoms with Gasteiger partial charge in [0.2, 0.25) is 0 Å². The Balaban J connectivity index is 2.50. The van der Waals surface area contributed by atoms with Crippen molar-refractivity contribution < 1.29 is 18.1 Å². The molecule has 0 atom stereocenters. The molecule has 0 unspecified atom stereocenters. The molecule has 0 aliphatic carbocycles. The highest BCUT2D eigenvalue weighted by Crippen LogP contribution is 2.72. The van der Waals surface area contributed by atoms with Crippen molar-refractivity contribution in [3.05, 3.63) is 244 Å². The molecule has 0 saturated carbocycles. The van der Waals surface area contributed by atoms with Crippen LogP contribution in [0.1, 0.15) is 564 Å². The van der Waals surface area contributed by atoms with Crippen LogP contribution in [-0.4, -0.2) is 0 Å². The first-order valence-electron chi connectivity index (χ1n) is 53.5. The first-order chi connectivity index (χ1) is 60.9. The molecule has 0 amide bonds. The Morgan fingerprint density at radius 2 is 0.359 bits per heavy atom. The molecule has 0 aliphatic rings. The topological polar surface area (TPSA) is 44.8 Å². The van der Waals surface area contributed by atoms with E-state index in [0.717, 1.165) is 204 Å². The van der Waals surface area contributed by atoms with E-state index in [1.54, 1.807) is 0 Å². The third-order valence-corrected chi connectivity index (χ3v) is 36.6. The van der Waals surface area contributed by atoms with Crippen molar-refractivity contribution in [3.8, 4) is 0 Å². The molecule has 6 aromatic rings. The van der Waals surface area contributed by atoms with E-state index in [-0.39, 0.29) is 32.5 Å². The fourth-order valence-corrected chi connectivity index (χ4v) is 21.7. The average molecular weight is 1810 g/mol. The van der Waals surface area contributed by atoms with Gasteiger partial charge < -0.3 is 0 Å². The van der Waals surface area contributed by atoms with Crippen molar-refractivity contribution in [3.63, 3.8) is 0 Å². The molecule has 5 heteroatoms. The standard InChI is InChI=1S/C126H201O4P/c1-43-61-64-67-70-91(46-4)124(100-79-73-94(112(19,20)49-7)85-106(100)118(31,32)55-13,101-80-74-95(113(21,22)50-8)86-107(101)119(33,34)56-14)128-131(127,129-125(92(47-5)71-68-65-62-44-2,102-81-75-96(114(23,24)51-9)87-108(102)120(35,36)57-15)103-82-76-97(115(25,26)52-10)88-109(103)121(37,38)58-16)130-126(93(48-6)72-69-66-63-45-3,104-83-77-98(116(27,28)53-11)89-110(104)122(39,40)59-17)105-84-78-99(117(29,30)54-12)90-111(105)123(41,42)60-18/h46-48,73-90H,43-45,49-72H2,1-42H3/b91-46+,92-47+,93-48+. The molecule has 0 aliphatic heterocycles. The Hall–Kier alpha value is -5.35. The van der Waals surface area contributed by atoms with E-state index in [9.17, 15) is 13.6 Å². The highest BCUT2D eigenvalue weighted by Gasteiger charge is 2.61. The van der Waals surface area contributed by atoms with Crippen LogP contribution in [0, 0.1) is 0 Å². The molecule has 131 heavy (non-hydrogen) atoms. The quantitative estimate of drug-likeness (QED) is 0.0217. The summed E-state index contributed by atoms with van der Waals surface area (Å²) in [7, 11) is -5.82. The molecule has 734 valence electrons. The molecule has 0 fully saturated rings. The lowest BCUT2D eigenvalue weighted by Crippen LogP contribution is -2.45. The third-order valence-electron chi connectivity index (χ3n) is 35.1. The zero-order chi connectivity index (χ0) is 99.2. The monoisotopic (exact) mass is 1810 g/mol. The predicted molar refractivity (Wildman–Crippen MR) is 579 cm³/mol. The number of phosphoric ester groups is 1. The second-order valence-corrected chi connectivity index (χ2v) is 49.5. The summed E-state index contributed by atoms with van der Waals surface area (Å²) in [6.07, 6.45) is 31.7. The molecule has 0 spiro atoms. The maximum absolute atomic E-state index is 22.6. The lowest BCUT2D eigenvalue weighted by molar-refractivity contribution is -0.0203. The number of allylic oxidation sites excluding steroid dienone is 3. The summed E-state index contributed by atoms with van der Waals surface area (Å²) >= 11 is 0. The highest BCUT2D eigenvalue weighted by atomic mass is 31.2. The van der Waals surface area contributed by atoms with E-state index >= 15 is 4.57 Å². The third kappa shape index (κ3) is 24.5. The summed E-state index contributed by atoms with van der Waals surface area (Å²) in [6.45, 7) is 101. The van der Waals surface area contributed by atoms with Crippen molar-refractivity contribution in [2.45, 2.75) is 546 Å². The fraction of sp³-hybridized carbons (Fsp3) is 0.667. The van der Waals surface area contributed by atoms with Gasteiger partial charge in [0, 0.05) is 0 Å². The summed E-state index contributed by atoms with van der Waals surface area (Å²) in [5.41, 5.74) is 14.2. The molecule has 0 heterocycles. The van der Waals surface area contributed by atoms with E-state index in [1.807, 2.05) is 0 Å². The normalized spacial score (nSPS) is 14.4. The second kappa shape index (κ2) is 45.5. The fourth-order valence-electron chi connectivity index (χ4n) is 19.7. The minimum atomic E-state index is -5.82. The number of phosphoric acid groups is 1. The van der Waals surface area contributed by atoms with Crippen LogP contribution in [0.5, 0.6) is 0 Å². The van der Waals surface area contributed by atoms with Gasteiger partial charge in [0.1, 0.15) is 0 Å². The molecule has 0 radical (unpaired) electrons. The van der Waals surface area contributed by atoms with Crippen LogP contribution < -0.4 is 0 Å². The average Bonchev–Trinajstić information content (AvgIpc) is 0.693. The van der Waals surface area contributed by atoms with E-state index in [0.29, 0.717) is 19.3 Å². The van der Waals surface area contributed by atoms with Gasteiger partial charge in [-0.3, -0.25) is 13.6 Å². The molecule has 0 saturated heterocycles. The van der Waals surface area contributed by atoms with Crippen LogP contribution in [0.25, 0.3) is 0 Å². The van der Waals surface area contributed by atoms with Crippen LogP contribution in [0.15, 0.2) is 144 Å². The maximum Gasteiger partial charge on any atom is 0.479 e.